The van der Waals surface area contributed by atoms with Crippen molar-refractivity contribution in [3.8, 4) is 0 Å². The molecule has 0 fully saturated rings. The highest BCUT2D eigenvalue weighted by Crippen LogP contribution is 2.08. The van der Waals surface area contributed by atoms with E-state index >= 15 is 0 Å². The molecule has 8 heteroatoms. The van der Waals surface area contributed by atoms with E-state index in [1.807, 2.05) is 6.92 Å². The van der Waals surface area contributed by atoms with E-state index in [2.05, 4.69) is 9.97 Å². The van der Waals surface area contributed by atoms with Crippen LogP contribution in [0.25, 0.3) is 0 Å². The van der Waals surface area contributed by atoms with Crippen molar-refractivity contribution in [2.45, 2.75) is 13.3 Å². The van der Waals surface area contributed by atoms with Crippen LogP contribution < -0.4 is 0 Å². The quantitative estimate of drug-likeness (QED) is 0.766. The molecule has 0 aliphatic heterocycles. The second kappa shape index (κ2) is 6.69. The number of nitrogens with one attached hydrogen (secondary N) is 1. The number of carbonyl (C=O) groups excluding carboxylic acids is 2. The molecule has 0 saturated carbocycles. The molecule has 2 amide bonds. The molecule has 110 valence electrons. The summed E-state index contributed by atoms with van der Waals surface area (Å²) in [6, 6.07) is 0. The van der Waals surface area contributed by atoms with Crippen molar-refractivity contribution in [2.24, 2.45) is 0 Å². The van der Waals surface area contributed by atoms with E-state index in [0.29, 0.717) is 13.0 Å². The number of H-pyrrole nitrogens is 1. The molecule has 1 heterocycles. The van der Waals surface area contributed by atoms with Gasteiger partial charge < -0.3 is 19.9 Å². The number of carboxylic acid groups (broad SMARTS) is 1. The molecule has 20 heavy (non-hydrogen) atoms. The minimum absolute atomic E-state index is 0.106. The van der Waals surface area contributed by atoms with Gasteiger partial charge >= 0.3 is 5.97 Å². The van der Waals surface area contributed by atoms with Gasteiger partial charge in [0.25, 0.3) is 5.91 Å². The summed E-state index contributed by atoms with van der Waals surface area (Å²) in [5, 5.41) is 8.97. The van der Waals surface area contributed by atoms with Crippen LogP contribution in [0.4, 0.5) is 0 Å². The number of aromatic nitrogens is 2. The van der Waals surface area contributed by atoms with Crippen molar-refractivity contribution in [2.75, 3.05) is 27.2 Å². The SMILES string of the molecule is CCCN(CC(=O)N(C)C)C(=O)c1nc[nH]c1C(=O)O. The first kappa shape index (κ1) is 15.7. The highest BCUT2D eigenvalue weighted by molar-refractivity contribution is 6.03. The van der Waals surface area contributed by atoms with Gasteiger partial charge in [-0.1, -0.05) is 6.92 Å². The summed E-state index contributed by atoms with van der Waals surface area (Å²) < 4.78 is 0. The lowest BCUT2D eigenvalue weighted by atomic mass is 10.2. The van der Waals surface area contributed by atoms with E-state index < -0.39 is 11.9 Å². The van der Waals surface area contributed by atoms with E-state index in [1.165, 1.54) is 9.80 Å². The van der Waals surface area contributed by atoms with Crippen LogP contribution in [-0.2, 0) is 4.79 Å². The smallest absolute Gasteiger partial charge is 0.354 e. The van der Waals surface area contributed by atoms with Crippen LogP contribution in [-0.4, -0.2) is 69.8 Å². The predicted octanol–water partition coefficient (Wildman–Crippen LogP) is 0.0483. The normalized spacial score (nSPS) is 10.2. The Morgan fingerprint density at radius 3 is 2.50 bits per heavy atom. The Labute approximate surface area is 116 Å². The first-order valence-electron chi connectivity index (χ1n) is 6.14. The highest BCUT2D eigenvalue weighted by Gasteiger charge is 2.25. The number of nitrogens with zero attached hydrogens (tertiary/aromatic N) is 3. The van der Waals surface area contributed by atoms with Gasteiger partial charge in [0.05, 0.1) is 6.33 Å². The molecule has 0 aromatic carbocycles. The number of aromatic amines is 1. The molecule has 0 aliphatic carbocycles. The third-order valence-corrected chi connectivity index (χ3v) is 2.66. The molecule has 2 N–H and O–H groups in total. The molecule has 0 saturated heterocycles. The molecule has 0 atom stereocenters. The zero-order valence-electron chi connectivity index (χ0n) is 11.7. The molecule has 1 aromatic heterocycles. The Morgan fingerprint density at radius 1 is 1.35 bits per heavy atom. The zero-order valence-corrected chi connectivity index (χ0v) is 11.7. The van der Waals surface area contributed by atoms with Gasteiger partial charge in [-0.15, -0.1) is 0 Å². The van der Waals surface area contributed by atoms with Gasteiger partial charge in [-0.05, 0) is 6.42 Å². The fourth-order valence-corrected chi connectivity index (χ4v) is 1.60. The predicted molar refractivity (Wildman–Crippen MR) is 70.4 cm³/mol. The van der Waals surface area contributed by atoms with Crippen LogP contribution in [0.3, 0.4) is 0 Å². The summed E-state index contributed by atoms with van der Waals surface area (Å²) in [6.07, 6.45) is 1.80. The highest BCUT2D eigenvalue weighted by atomic mass is 16.4. The van der Waals surface area contributed by atoms with Crippen molar-refractivity contribution in [1.82, 2.24) is 19.8 Å². The number of carbonyl (C=O) groups is 3. The summed E-state index contributed by atoms with van der Waals surface area (Å²) >= 11 is 0. The maximum absolute atomic E-state index is 12.3. The van der Waals surface area contributed by atoms with Gasteiger partial charge in [-0.25, -0.2) is 9.78 Å². The summed E-state index contributed by atoms with van der Waals surface area (Å²) in [5.74, 6) is -2.07. The average Bonchev–Trinajstić information content (AvgIpc) is 2.86. The van der Waals surface area contributed by atoms with E-state index in [0.717, 1.165) is 6.33 Å². The largest absolute Gasteiger partial charge is 0.477 e. The minimum atomic E-state index is -1.26. The molecular formula is C12H18N4O4. The molecule has 0 radical (unpaired) electrons. The number of hydrogen-bond acceptors (Lipinski definition) is 4. The van der Waals surface area contributed by atoms with Crippen molar-refractivity contribution in [1.29, 1.82) is 0 Å². The summed E-state index contributed by atoms with van der Waals surface area (Å²) in [7, 11) is 3.18. The number of likely N-dealkylation sites (N-methyl/N-ethyl adjacent to an activating group) is 1. The molecule has 0 aliphatic rings. The van der Waals surface area contributed by atoms with Gasteiger partial charge in [-0.3, -0.25) is 9.59 Å². The molecule has 0 unspecified atom stereocenters. The lowest BCUT2D eigenvalue weighted by molar-refractivity contribution is -0.129. The molecular weight excluding hydrogens is 264 g/mol. The zero-order chi connectivity index (χ0) is 15.3. The first-order chi connectivity index (χ1) is 9.38. The van der Waals surface area contributed by atoms with Crippen LogP contribution in [0.5, 0.6) is 0 Å². The van der Waals surface area contributed by atoms with E-state index in [4.69, 9.17) is 5.11 Å². The molecule has 1 aromatic rings. The van der Waals surface area contributed by atoms with Gasteiger partial charge in [0.1, 0.15) is 6.54 Å². The van der Waals surface area contributed by atoms with E-state index in [1.54, 1.807) is 14.1 Å². The van der Waals surface area contributed by atoms with E-state index in [-0.39, 0.29) is 23.8 Å². The Hall–Kier alpha value is -2.38. The third kappa shape index (κ3) is 3.56. The van der Waals surface area contributed by atoms with Gasteiger partial charge in [0, 0.05) is 20.6 Å². The van der Waals surface area contributed by atoms with Gasteiger partial charge in [0.2, 0.25) is 5.91 Å². The molecule has 1 rings (SSSR count). The lowest BCUT2D eigenvalue weighted by Crippen LogP contribution is -2.41. The molecule has 0 spiro atoms. The van der Waals surface area contributed by atoms with Gasteiger partial charge in [0.15, 0.2) is 11.4 Å². The van der Waals surface area contributed by atoms with Crippen molar-refractivity contribution in [3.63, 3.8) is 0 Å². The number of imidazole rings is 1. The Bertz CT molecular complexity index is 509. The number of rotatable bonds is 6. The maximum atomic E-state index is 12.3. The standard InChI is InChI=1S/C12H18N4O4/c1-4-5-16(6-8(17)15(2)3)11(18)9-10(12(19)20)14-7-13-9/h7H,4-6H2,1-3H3,(H,13,14)(H,19,20). The summed E-state index contributed by atoms with van der Waals surface area (Å²) in [5.41, 5.74) is -0.453. The van der Waals surface area contributed by atoms with Crippen molar-refractivity contribution >= 4 is 17.8 Å². The molecule has 0 bridgehead atoms. The van der Waals surface area contributed by atoms with E-state index in [9.17, 15) is 14.4 Å². The van der Waals surface area contributed by atoms with Crippen LogP contribution >= 0.6 is 0 Å². The number of hydrogen-bond donors (Lipinski definition) is 2. The second-order valence-electron chi connectivity index (χ2n) is 4.45. The van der Waals surface area contributed by atoms with Crippen LogP contribution in [0.1, 0.15) is 34.3 Å². The maximum Gasteiger partial charge on any atom is 0.354 e. The topological polar surface area (TPSA) is 107 Å². The number of carboxylic acids is 1. The Balaban J connectivity index is 2.96. The third-order valence-electron chi connectivity index (χ3n) is 2.66. The second-order valence-corrected chi connectivity index (χ2v) is 4.45. The van der Waals surface area contributed by atoms with Crippen LogP contribution in [0.15, 0.2) is 6.33 Å². The summed E-state index contributed by atoms with van der Waals surface area (Å²) in [4.78, 5) is 43.8. The van der Waals surface area contributed by atoms with Crippen molar-refractivity contribution in [3.05, 3.63) is 17.7 Å². The summed E-state index contributed by atoms with van der Waals surface area (Å²) in [6.45, 7) is 2.11. The monoisotopic (exact) mass is 282 g/mol. The fraction of sp³-hybridized carbons (Fsp3) is 0.500. The molecule has 8 nitrogen and oxygen atoms in total. The van der Waals surface area contributed by atoms with Crippen molar-refractivity contribution < 1.29 is 19.5 Å². The lowest BCUT2D eigenvalue weighted by Gasteiger charge is -2.22. The number of aromatic carboxylic acids is 1. The Morgan fingerprint density at radius 2 is 2.00 bits per heavy atom. The minimum Gasteiger partial charge on any atom is -0.477 e. The average molecular weight is 282 g/mol. The van der Waals surface area contributed by atoms with Gasteiger partial charge in [-0.2, -0.15) is 0 Å². The fourth-order valence-electron chi connectivity index (χ4n) is 1.60. The van der Waals surface area contributed by atoms with Crippen LogP contribution in [0.2, 0.25) is 0 Å². The first-order valence-corrected chi connectivity index (χ1v) is 6.14. The number of amides is 2. The van der Waals surface area contributed by atoms with Crippen LogP contribution in [0, 0.1) is 0 Å². The Kier molecular flexibility index (Phi) is 5.24.